The average molecular weight is 280 g/mol. The van der Waals surface area contributed by atoms with Crippen molar-refractivity contribution >= 4 is 11.9 Å². The third kappa shape index (κ3) is 7.53. The van der Waals surface area contributed by atoms with Crippen LogP contribution in [0.4, 0.5) is 0 Å². The van der Waals surface area contributed by atoms with Crippen molar-refractivity contribution in [2.24, 2.45) is 0 Å². The van der Waals surface area contributed by atoms with E-state index in [0.29, 0.717) is 12.8 Å². The maximum absolute atomic E-state index is 10.8. The number of aliphatic carboxylic acids is 1. The summed E-state index contributed by atoms with van der Waals surface area (Å²) in [5.41, 5.74) is 3.06. The van der Waals surface area contributed by atoms with Crippen LogP contribution in [0.15, 0.2) is 24.3 Å². The SMILES string of the molecule is O=C(O)CCC(=O)OCCCCO.c1ccc2c(c1)C2. The van der Waals surface area contributed by atoms with Crippen molar-refractivity contribution in [1.82, 2.24) is 0 Å². The van der Waals surface area contributed by atoms with Crippen LogP contribution in [-0.4, -0.2) is 35.4 Å². The van der Waals surface area contributed by atoms with E-state index in [4.69, 9.17) is 10.2 Å². The highest BCUT2D eigenvalue weighted by molar-refractivity contribution is 5.76. The Kier molecular flexibility index (Phi) is 7.35. The Morgan fingerprint density at radius 2 is 1.75 bits per heavy atom. The second-order valence-corrected chi connectivity index (χ2v) is 4.49. The molecule has 1 aromatic rings. The number of aliphatic hydroxyl groups excluding tert-OH is 1. The van der Waals surface area contributed by atoms with Crippen LogP contribution in [0.1, 0.15) is 36.8 Å². The smallest absolute Gasteiger partial charge is 0.306 e. The van der Waals surface area contributed by atoms with Gasteiger partial charge in [-0.25, -0.2) is 0 Å². The van der Waals surface area contributed by atoms with Gasteiger partial charge in [-0.1, -0.05) is 24.3 Å². The number of carbonyl (C=O) groups excluding carboxylic acids is 1. The van der Waals surface area contributed by atoms with E-state index in [1.54, 1.807) is 0 Å². The quantitative estimate of drug-likeness (QED) is 0.596. The summed E-state index contributed by atoms with van der Waals surface area (Å²) >= 11 is 0. The average Bonchev–Trinajstić information content (AvgIpc) is 3.21. The van der Waals surface area contributed by atoms with Gasteiger partial charge < -0.3 is 14.9 Å². The molecule has 0 amide bonds. The van der Waals surface area contributed by atoms with E-state index in [1.165, 1.54) is 17.5 Å². The number of esters is 1. The lowest BCUT2D eigenvalue weighted by atomic mass is 10.3. The monoisotopic (exact) mass is 280 g/mol. The van der Waals surface area contributed by atoms with Crippen LogP contribution in [0.25, 0.3) is 0 Å². The molecular formula is C15H20O5. The number of hydrogen-bond acceptors (Lipinski definition) is 4. The van der Waals surface area contributed by atoms with Crippen LogP contribution >= 0.6 is 0 Å². The molecule has 0 aromatic heterocycles. The number of hydrogen-bond donors (Lipinski definition) is 2. The molecule has 5 heteroatoms. The Morgan fingerprint density at radius 3 is 2.25 bits per heavy atom. The van der Waals surface area contributed by atoms with Gasteiger partial charge in [-0.3, -0.25) is 9.59 Å². The molecule has 1 aliphatic rings. The molecule has 0 unspecified atom stereocenters. The van der Waals surface area contributed by atoms with Crippen LogP contribution in [0.5, 0.6) is 0 Å². The van der Waals surface area contributed by atoms with Gasteiger partial charge in [0.15, 0.2) is 0 Å². The first-order valence-corrected chi connectivity index (χ1v) is 6.68. The molecule has 1 aromatic carbocycles. The highest BCUT2D eigenvalue weighted by Gasteiger charge is 2.12. The molecule has 0 bridgehead atoms. The molecule has 2 N–H and O–H groups in total. The molecule has 0 spiro atoms. The van der Waals surface area contributed by atoms with Gasteiger partial charge >= 0.3 is 11.9 Å². The summed E-state index contributed by atoms with van der Waals surface area (Å²) in [5.74, 6) is -1.51. The number of carboxylic acid groups (broad SMARTS) is 1. The standard InChI is InChI=1S/C8H14O5.C7H6/c9-5-1-2-6-13-8(12)4-3-7(10)11;1-2-4-7-5-6(7)3-1/h9H,1-6H2,(H,10,11);1-4H,5H2. The highest BCUT2D eigenvalue weighted by atomic mass is 16.5. The Hall–Kier alpha value is -1.88. The van der Waals surface area contributed by atoms with Gasteiger partial charge in [0.2, 0.25) is 0 Å². The summed E-state index contributed by atoms with van der Waals surface area (Å²) < 4.78 is 4.68. The summed E-state index contributed by atoms with van der Waals surface area (Å²) in [7, 11) is 0. The van der Waals surface area contributed by atoms with Crippen LogP contribution in [0.2, 0.25) is 0 Å². The molecule has 0 saturated carbocycles. The number of carboxylic acids is 1. The maximum Gasteiger partial charge on any atom is 0.306 e. The first-order valence-electron chi connectivity index (χ1n) is 6.68. The first-order chi connectivity index (χ1) is 9.63. The molecule has 5 nitrogen and oxygen atoms in total. The van der Waals surface area contributed by atoms with E-state index in [9.17, 15) is 9.59 Å². The summed E-state index contributed by atoms with van der Waals surface area (Å²) in [6.45, 7) is 0.325. The molecule has 0 fully saturated rings. The Balaban J connectivity index is 0.000000233. The molecular weight excluding hydrogens is 260 g/mol. The number of carbonyl (C=O) groups is 2. The molecule has 1 aliphatic carbocycles. The number of unbranched alkanes of at least 4 members (excludes halogenated alkanes) is 1. The maximum atomic E-state index is 10.8. The van der Waals surface area contributed by atoms with E-state index in [-0.39, 0.29) is 26.1 Å². The second kappa shape index (κ2) is 9.09. The van der Waals surface area contributed by atoms with Gasteiger partial charge in [0.05, 0.1) is 19.4 Å². The minimum Gasteiger partial charge on any atom is -0.481 e. The van der Waals surface area contributed by atoms with E-state index in [2.05, 4.69) is 29.0 Å². The molecule has 20 heavy (non-hydrogen) atoms. The van der Waals surface area contributed by atoms with Crippen molar-refractivity contribution in [3.8, 4) is 0 Å². The van der Waals surface area contributed by atoms with Crippen molar-refractivity contribution in [2.75, 3.05) is 13.2 Å². The topological polar surface area (TPSA) is 83.8 Å². The molecule has 0 heterocycles. The zero-order chi connectivity index (χ0) is 14.8. The van der Waals surface area contributed by atoms with E-state index < -0.39 is 11.9 Å². The van der Waals surface area contributed by atoms with Gasteiger partial charge in [0.1, 0.15) is 0 Å². The van der Waals surface area contributed by atoms with Crippen LogP contribution in [0.3, 0.4) is 0 Å². The summed E-state index contributed by atoms with van der Waals surface area (Å²) in [6, 6.07) is 8.53. The Labute approximate surface area is 118 Å². The zero-order valence-corrected chi connectivity index (χ0v) is 11.4. The van der Waals surface area contributed by atoms with Gasteiger partial charge in [0.25, 0.3) is 0 Å². The van der Waals surface area contributed by atoms with Gasteiger partial charge in [-0.2, -0.15) is 0 Å². The minimum atomic E-state index is -1.01. The second-order valence-electron chi connectivity index (χ2n) is 4.49. The fraction of sp³-hybridized carbons (Fsp3) is 0.467. The third-order valence-corrected chi connectivity index (χ3v) is 2.73. The van der Waals surface area contributed by atoms with E-state index in [0.717, 1.165) is 0 Å². The van der Waals surface area contributed by atoms with Crippen LogP contribution in [-0.2, 0) is 20.7 Å². The lowest BCUT2D eigenvalue weighted by Gasteiger charge is -2.02. The first kappa shape index (κ1) is 16.2. The van der Waals surface area contributed by atoms with E-state index >= 15 is 0 Å². The van der Waals surface area contributed by atoms with Crippen molar-refractivity contribution < 1.29 is 24.5 Å². The van der Waals surface area contributed by atoms with E-state index in [1.807, 2.05) is 0 Å². The predicted molar refractivity (Wildman–Crippen MR) is 73.4 cm³/mol. The molecule has 2 rings (SSSR count). The third-order valence-electron chi connectivity index (χ3n) is 2.73. The largest absolute Gasteiger partial charge is 0.481 e. The minimum absolute atomic E-state index is 0.0761. The summed E-state index contributed by atoms with van der Waals surface area (Å²) in [6.07, 6.45) is 2.15. The normalized spacial score (nSPS) is 10.8. The number of rotatable bonds is 7. The summed E-state index contributed by atoms with van der Waals surface area (Å²) in [5, 5.41) is 16.6. The molecule has 0 atom stereocenters. The Bertz CT molecular complexity index is 421. The number of benzene rings is 1. The van der Waals surface area contributed by atoms with Crippen LogP contribution < -0.4 is 0 Å². The van der Waals surface area contributed by atoms with Crippen molar-refractivity contribution in [3.05, 3.63) is 35.4 Å². The zero-order valence-electron chi connectivity index (χ0n) is 11.4. The highest BCUT2D eigenvalue weighted by Crippen LogP contribution is 2.25. The van der Waals surface area contributed by atoms with Gasteiger partial charge in [0, 0.05) is 6.61 Å². The number of aliphatic hydroxyl groups is 1. The van der Waals surface area contributed by atoms with Crippen molar-refractivity contribution in [1.29, 1.82) is 0 Å². The Morgan fingerprint density at radius 1 is 1.10 bits per heavy atom. The number of ether oxygens (including phenoxy) is 1. The molecule has 0 saturated heterocycles. The predicted octanol–water partition coefficient (Wildman–Crippen LogP) is 1.76. The van der Waals surface area contributed by atoms with Crippen molar-refractivity contribution in [2.45, 2.75) is 32.1 Å². The summed E-state index contributed by atoms with van der Waals surface area (Å²) in [4.78, 5) is 20.8. The molecule has 0 aliphatic heterocycles. The lowest BCUT2D eigenvalue weighted by molar-refractivity contribution is -0.147. The molecule has 110 valence electrons. The van der Waals surface area contributed by atoms with Crippen LogP contribution in [0, 0.1) is 0 Å². The number of fused-ring (bicyclic) bond motifs is 1. The lowest BCUT2D eigenvalue weighted by Crippen LogP contribution is -2.08. The van der Waals surface area contributed by atoms with Gasteiger partial charge in [-0.05, 0) is 30.4 Å². The van der Waals surface area contributed by atoms with Crippen molar-refractivity contribution in [3.63, 3.8) is 0 Å². The molecule has 0 radical (unpaired) electrons. The fourth-order valence-corrected chi connectivity index (χ4v) is 1.52. The fourth-order valence-electron chi connectivity index (χ4n) is 1.52. The van der Waals surface area contributed by atoms with Gasteiger partial charge in [-0.15, -0.1) is 0 Å².